The van der Waals surface area contributed by atoms with Crippen molar-refractivity contribution in [1.82, 2.24) is 4.90 Å². The fraction of sp³-hybridized carbons (Fsp3) is 1.00. The van der Waals surface area contributed by atoms with Crippen molar-refractivity contribution in [3.05, 3.63) is 0 Å². The monoisotopic (exact) mass is 155 g/mol. The first kappa shape index (κ1) is 7.56. The zero-order chi connectivity index (χ0) is 7.68. The molecule has 64 valence electrons. The van der Waals surface area contributed by atoms with Crippen molar-refractivity contribution in [1.29, 1.82) is 0 Å². The maximum Gasteiger partial charge on any atom is 0.0623 e. The van der Waals surface area contributed by atoms with Crippen LogP contribution in [-0.4, -0.2) is 37.7 Å². The van der Waals surface area contributed by atoms with Crippen LogP contribution in [0.15, 0.2) is 0 Å². The normalized spacial score (nSPS) is 43.9. The van der Waals surface area contributed by atoms with Crippen LogP contribution in [0.5, 0.6) is 0 Å². The number of fused-ring (bicyclic) bond motifs is 2. The van der Waals surface area contributed by atoms with E-state index in [1.165, 1.54) is 38.9 Å². The second kappa shape index (κ2) is 3.11. The second-order valence-electron chi connectivity index (χ2n) is 3.77. The summed E-state index contributed by atoms with van der Waals surface area (Å²) in [5.74, 6) is 0.836. The van der Waals surface area contributed by atoms with Gasteiger partial charge in [-0.2, -0.15) is 0 Å². The van der Waals surface area contributed by atoms with Gasteiger partial charge in [-0.25, -0.2) is 0 Å². The van der Waals surface area contributed by atoms with Gasteiger partial charge in [-0.3, -0.25) is 0 Å². The number of hydrogen-bond donors (Lipinski definition) is 0. The van der Waals surface area contributed by atoms with E-state index in [4.69, 9.17) is 4.74 Å². The molecule has 2 saturated heterocycles. The van der Waals surface area contributed by atoms with Crippen LogP contribution in [-0.2, 0) is 4.74 Å². The van der Waals surface area contributed by atoms with E-state index in [-0.39, 0.29) is 0 Å². The molecule has 0 radical (unpaired) electrons. The molecule has 2 heteroatoms. The molecular weight excluding hydrogens is 138 g/mol. The Kier molecular flexibility index (Phi) is 2.14. The van der Waals surface area contributed by atoms with E-state index in [1.54, 1.807) is 0 Å². The molecule has 0 aromatic heterocycles. The van der Waals surface area contributed by atoms with Crippen molar-refractivity contribution in [2.75, 3.05) is 26.7 Å². The maximum atomic E-state index is 5.45. The Morgan fingerprint density at radius 1 is 1.27 bits per heavy atom. The minimum Gasteiger partial charge on any atom is -0.381 e. The van der Waals surface area contributed by atoms with Crippen LogP contribution in [0, 0.1) is 5.92 Å². The molecule has 2 nitrogen and oxygen atoms in total. The van der Waals surface area contributed by atoms with Gasteiger partial charge >= 0.3 is 0 Å². The summed E-state index contributed by atoms with van der Waals surface area (Å²) in [5, 5.41) is 0. The zero-order valence-electron chi connectivity index (χ0n) is 7.25. The highest BCUT2D eigenvalue weighted by molar-refractivity contribution is 4.84. The van der Waals surface area contributed by atoms with Gasteiger partial charge in [-0.15, -0.1) is 0 Å². The average Bonchev–Trinajstić information content (AvgIpc) is 2.06. The molecule has 0 spiro atoms. The first-order valence-corrected chi connectivity index (χ1v) is 4.65. The lowest BCUT2D eigenvalue weighted by Gasteiger charge is -2.41. The molecular formula is C9H17NO. The van der Waals surface area contributed by atoms with Crippen LogP contribution in [0.2, 0.25) is 0 Å². The SMILES string of the molecule is CO[C@H]1CCN2CCC[C@@H]1C2. The predicted octanol–water partition coefficient (Wildman–Crippen LogP) is 1.12. The van der Waals surface area contributed by atoms with Crippen molar-refractivity contribution in [3.63, 3.8) is 0 Å². The van der Waals surface area contributed by atoms with E-state index in [0.717, 1.165) is 5.92 Å². The molecule has 3 atom stereocenters. The second-order valence-corrected chi connectivity index (χ2v) is 3.77. The van der Waals surface area contributed by atoms with Gasteiger partial charge in [-0.1, -0.05) is 0 Å². The molecule has 0 N–H and O–H groups in total. The summed E-state index contributed by atoms with van der Waals surface area (Å²) in [5.41, 5.74) is 0. The van der Waals surface area contributed by atoms with Crippen molar-refractivity contribution in [2.24, 2.45) is 5.92 Å². The molecule has 0 aliphatic carbocycles. The Morgan fingerprint density at radius 3 is 3.00 bits per heavy atom. The van der Waals surface area contributed by atoms with Crippen LogP contribution in [0.1, 0.15) is 19.3 Å². The molecule has 2 rings (SSSR count). The summed E-state index contributed by atoms with van der Waals surface area (Å²) in [7, 11) is 1.86. The Morgan fingerprint density at radius 2 is 2.18 bits per heavy atom. The maximum absolute atomic E-state index is 5.45. The predicted molar refractivity (Wildman–Crippen MR) is 44.6 cm³/mol. The molecule has 2 fully saturated rings. The van der Waals surface area contributed by atoms with E-state index in [2.05, 4.69) is 4.90 Å². The highest BCUT2D eigenvalue weighted by atomic mass is 16.5. The summed E-state index contributed by atoms with van der Waals surface area (Å²) in [4.78, 5) is 2.57. The number of ether oxygens (including phenoxy) is 1. The summed E-state index contributed by atoms with van der Waals surface area (Å²) in [6.45, 7) is 3.88. The Bertz CT molecular complexity index is 138. The molecule has 2 aliphatic rings. The van der Waals surface area contributed by atoms with Gasteiger partial charge < -0.3 is 9.64 Å². The number of nitrogens with zero attached hydrogens (tertiary/aromatic N) is 1. The molecule has 0 aromatic carbocycles. The summed E-state index contributed by atoms with van der Waals surface area (Å²) < 4.78 is 5.45. The minimum absolute atomic E-state index is 0.562. The quantitative estimate of drug-likeness (QED) is 0.562. The van der Waals surface area contributed by atoms with Gasteiger partial charge in [0.15, 0.2) is 0 Å². The van der Waals surface area contributed by atoms with Gasteiger partial charge in [-0.05, 0) is 31.7 Å². The van der Waals surface area contributed by atoms with Crippen LogP contribution < -0.4 is 0 Å². The van der Waals surface area contributed by atoms with E-state index < -0.39 is 0 Å². The van der Waals surface area contributed by atoms with Crippen LogP contribution in [0.3, 0.4) is 0 Å². The van der Waals surface area contributed by atoms with Crippen LogP contribution in [0.25, 0.3) is 0 Å². The smallest absolute Gasteiger partial charge is 0.0623 e. The highest BCUT2D eigenvalue weighted by Gasteiger charge is 2.31. The molecule has 2 heterocycles. The van der Waals surface area contributed by atoms with E-state index in [1.807, 2.05) is 7.11 Å². The number of piperidine rings is 2. The van der Waals surface area contributed by atoms with Gasteiger partial charge in [0.25, 0.3) is 0 Å². The van der Waals surface area contributed by atoms with E-state index in [0.29, 0.717) is 6.10 Å². The van der Waals surface area contributed by atoms with Crippen molar-refractivity contribution < 1.29 is 4.74 Å². The zero-order valence-corrected chi connectivity index (χ0v) is 7.25. The van der Waals surface area contributed by atoms with Crippen molar-refractivity contribution in [3.8, 4) is 0 Å². The van der Waals surface area contributed by atoms with Gasteiger partial charge in [0.2, 0.25) is 0 Å². The Hall–Kier alpha value is -0.0800. The fourth-order valence-electron chi connectivity index (χ4n) is 2.45. The van der Waals surface area contributed by atoms with Crippen LogP contribution in [0.4, 0.5) is 0 Å². The molecule has 2 aliphatic heterocycles. The topological polar surface area (TPSA) is 12.5 Å². The Labute approximate surface area is 68.5 Å². The molecule has 11 heavy (non-hydrogen) atoms. The molecule has 2 bridgehead atoms. The van der Waals surface area contributed by atoms with E-state index in [9.17, 15) is 0 Å². The lowest BCUT2D eigenvalue weighted by molar-refractivity contribution is -0.0274. The largest absolute Gasteiger partial charge is 0.381 e. The lowest BCUT2D eigenvalue weighted by atomic mass is 9.87. The van der Waals surface area contributed by atoms with Gasteiger partial charge in [0.05, 0.1) is 6.10 Å². The van der Waals surface area contributed by atoms with Gasteiger partial charge in [0, 0.05) is 20.2 Å². The van der Waals surface area contributed by atoms with Crippen molar-refractivity contribution in [2.45, 2.75) is 25.4 Å². The van der Waals surface area contributed by atoms with E-state index >= 15 is 0 Å². The first-order chi connectivity index (χ1) is 5.40. The standard InChI is InChI=1S/C9H17NO/c1-11-9-4-6-10-5-2-3-8(9)7-10/h8-9H,2-7H2,1H3/t8-,9+/m1/s1. The minimum atomic E-state index is 0.562. The molecule has 0 aromatic rings. The Balaban J connectivity index is 1.97. The number of rotatable bonds is 1. The first-order valence-electron chi connectivity index (χ1n) is 4.65. The average molecular weight is 155 g/mol. The summed E-state index contributed by atoms with van der Waals surface area (Å²) in [6.07, 6.45) is 4.58. The third-order valence-electron chi connectivity index (χ3n) is 3.10. The lowest BCUT2D eigenvalue weighted by Crippen LogP contribution is -2.47. The highest BCUT2D eigenvalue weighted by Crippen LogP contribution is 2.27. The molecule has 1 unspecified atom stereocenters. The van der Waals surface area contributed by atoms with Crippen molar-refractivity contribution >= 4 is 0 Å². The number of methoxy groups -OCH3 is 1. The summed E-state index contributed by atoms with van der Waals surface area (Å²) in [6, 6.07) is 0. The fourth-order valence-corrected chi connectivity index (χ4v) is 2.45. The summed E-state index contributed by atoms with van der Waals surface area (Å²) >= 11 is 0. The van der Waals surface area contributed by atoms with Crippen LogP contribution >= 0.6 is 0 Å². The van der Waals surface area contributed by atoms with Gasteiger partial charge in [0.1, 0.15) is 0 Å². The molecule has 0 saturated carbocycles. The third-order valence-corrected chi connectivity index (χ3v) is 3.10. The number of hydrogen-bond acceptors (Lipinski definition) is 2. The third kappa shape index (κ3) is 1.42. The molecule has 0 amide bonds.